The van der Waals surface area contributed by atoms with Gasteiger partial charge >= 0.3 is 0 Å². The fourth-order valence-corrected chi connectivity index (χ4v) is 1.67. The van der Waals surface area contributed by atoms with E-state index in [0.29, 0.717) is 11.6 Å². The molecule has 80 valence electrons. The summed E-state index contributed by atoms with van der Waals surface area (Å²) in [6, 6.07) is 7.03. The van der Waals surface area contributed by atoms with E-state index >= 15 is 0 Å². The second-order valence-electron chi connectivity index (χ2n) is 3.50. The molecular formula is C11H12ClNO2. The molecule has 0 spiro atoms. The number of halogens is 1. The molecular weight excluding hydrogens is 214 g/mol. The Kier molecular flexibility index (Phi) is 3.23. The quantitative estimate of drug-likeness (QED) is 0.840. The summed E-state index contributed by atoms with van der Waals surface area (Å²) >= 11 is 5.74. The smallest absolute Gasteiger partial charge is 0.253 e. The van der Waals surface area contributed by atoms with Crippen LogP contribution in [0.5, 0.6) is 0 Å². The maximum absolute atomic E-state index is 11.6. The third-order valence-corrected chi connectivity index (χ3v) is 2.59. The lowest BCUT2D eigenvalue weighted by atomic mass is 10.2. The lowest BCUT2D eigenvalue weighted by Gasteiger charge is -2.10. The van der Waals surface area contributed by atoms with Gasteiger partial charge in [0, 0.05) is 17.3 Å². The summed E-state index contributed by atoms with van der Waals surface area (Å²) in [6.45, 7) is 0.679. The molecule has 1 N–H and O–H groups in total. The average molecular weight is 226 g/mol. The maximum atomic E-state index is 11.6. The second kappa shape index (κ2) is 4.64. The lowest BCUT2D eigenvalue weighted by molar-refractivity contribution is -0.124. The summed E-state index contributed by atoms with van der Waals surface area (Å²) in [6.07, 6.45) is 1.47. The van der Waals surface area contributed by atoms with Crippen molar-refractivity contribution in [2.45, 2.75) is 18.9 Å². The fourth-order valence-electron chi connectivity index (χ4n) is 1.54. The largest absolute Gasteiger partial charge is 0.368 e. The average Bonchev–Trinajstić information content (AvgIpc) is 2.74. The molecule has 1 saturated heterocycles. The molecule has 0 aromatic heterocycles. The molecule has 0 saturated carbocycles. The van der Waals surface area contributed by atoms with E-state index < -0.39 is 0 Å². The Morgan fingerprint density at radius 1 is 1.40 bits per heavy atom. The number of hydrogen-bond acceptors (Lipinski definition) is 2. The molecule has 1 aromatic rings. The van der Waals surface area contributed by atoms with Crippen molar-refractivity contribution in [3.8, 4) is 0 Å². The molecule has 2 rings (SSSR count). The fraction of sp³-hybridized carbons (Fsp3) is 0.364. The van der Waals surface area contributed by atoms with Gasteiger partial charge in [-0.3, -0.25) is 4.79 Å². The molecule has 4 heteroatoms. The van der Waals surface area contributed by atoms with Gasteiger partial charge in [0.05, 0.1) is 0 Å². The maximum Gasteiger partial charge on any atom is 0.253 e. The van der Waals surface area contributed by atoms with Crippen molar-refractivity contribution in [2.24, 2.45) is 0 Å². The number of ether oxygens (including phenoxy) is 1. The zero-order valence-corrected chi connectivity index (χ0v) is 8.96. The summed E-state index contributed by atoms with van der Waals surface area (Å²) in [5, 5.41) is 3.45. The Morgan fingerprint density at radius 3 is 2.73 bits per heavy atom. The normalized spacial score (nSPS) is 20.2. The van der Waals surface area contributed by atoms with Gasteiger partial charge in [0.25, 0.3) is 5.91 Å². The number of carbonyl (C=O) groups is 1. The molecule has 1 aromatic carbocycles. The monoisotopic (exact) mass is 225 g/mol. The van der Waals surface area contributed by atoms with Crippen LogP contribution in [0.1, 0.15) is 12.8 Å². The van der Waals surface area contributed by atoms with E-state index in [2.05, 4.69) is 5.32 Å². The summed E-state index contributed by atoms with van der Waals surface area (Å²) in [4.78, 5) is 11.6. The summed E-state index contributed by atoms with van der Waals surface area (Å²) in [5.74, 6) is -0.0742. The van der Waals surface area contributed by atoms with E-state index in [1.54, 1.807) is 24.3 Å². The first-order valence-corrected chi connectivity index (χ1v) is 5.31. The predicted molar refractivity (Wildman–Crippen MR) is 59.1 cm³/mol. The van der Waals surface area contributed by atoms with Crippen LogP contribution in [0.2, 0.25) is 5.02 Å². The Hall–Kier alpha value is -1.06. The topological polar surface area (TPSA) is 38.3 Å². The highest BCUT2D eigenvalue weighted by Gasteiger charge is 2.23. The Morgan fingerprint density at radius 2 is 2.13 bits per heavy atom. The zero-order chi connectivity index (χ0) is 10.7. The Balaban J connectivity index is 1.96. The molecule has 1 atom stereocenters. The van der Waals surface area contributed by atoms with E-state index in [9.17, 15) is 4.79 Å². The highest BCUT2D eigenvalue weighted by molar-refractivity contribution is 6.30. The van der Waals surface area contributed by atoms with Crippen LogP contribution in [0.25, 0.3) is 0 Å². The number of nitrogens with one attached hydrogen (secondary N) is 1. The lowest BCUT2D eigenvalue weighted by Crippen LogP contribution is -2.26. The molecule has 0 bridgehead atoms. The van der Waals surface area contributed by atoms with Crippen LogP contribution < -0.4 is 5.32 Å². The van der Waals surface area contributed by atoms with Crippen molar-refractivity contribution >= 4 is 23.2 Å². The van der Waals surface area contributed by atoms with Crippen LogP contribution in [0, 0.1) is 0 Å². The Labute approximate surface area is 93.4 Å². The van der Waals surface area contributed by atoms with Crippen LogP contribution in [0.15, 0.2) is 24.3 Å². The predicted octanol–water partition coefficient (Wildman–Crippen LogP) is 2.46. The minimum Gasteiger partial charge on any atom is -0.368 e. The van der Waals surface area contributed by atoms with Crippen molar-refractivity contribution in [1.29, 1.82) is 0 Å². The van der Waals surface area contributed by atoms with Crippen molar-refractivity contribution in [3.05, 3.63) is 29.3 Å². The summed E-state index contributed by atoms with van der Waals surface area (Å²) < 4.78 is 5.27. The van der Waals surface area contributed by atoms with Crippen LogP contribution in [0.3, 0.4) is 0 Å². The van der Waals surface area contributed by atoms with Crippen molar-refractivity contribution in [2.75, 3.05) is 11.9 Å². The van der Waals surface area contributed by atoms with E-state index in [-0.39, 0.29) is 12.0 Å². The second-order valence-corrected chi connectivity index (χ2v) is 3.93. The van der Waals surface area contributed by atoms with Gasteiger partial charge in [0.15, 0.2) is 0 Å². The Bertz CT molecular complexity index is 344. The molecule has 1 aliphatic heterocycles. The number of hydrogen-bond donors (Lipinski definition) is 1. The summed E-state index contributed by atoms with van der Waals surface area (Å²) in [7, 11) is 0. The first-order valence-electron chi connectivity index (χ1n) is 4.94. The SMILES string of the molecule is O=C(Nc1ccc(Cl)cc1)C1CCCO1. The van der Waals surface area contributed by atoms with Gasteiger partial charge in [-0.1, -0.05) is 11.6 Å². The number of rotatable bonds is 2. The number of anilines is 1. The summed E-state index contributed by atoms with van der Waals surface area (Å²) in [5.41, 5.74) is 0.750. The minimum atomic E-state index is -0.291. The van der Waals surface area contributed by atoms with E-state index in [4.69, 9.17) is 16.3 Å². The van der Waals surface area contributed by atoms with E-state index in [0.717, 1.165) is 18.5 Å². The molecule has 1 aliphatic rings. The molecule has 1 amide bonds. The number of amides is 1. The molecule has 3 nitrogen and oxygen atoms in total. The van der Waals surface area contributed by atoms with Crippen molar-refractivity contribution < 1.29 is 9.53 Å². The van der Waals surface area contributed by atoms with E-state index in [1.165, 1.54) is 0 Å². The molecule has 1 heterocycles. The van der Waals surface area contributed by atoms with Gasteiger partial charge in [-0.05, 0) is 37.1 Å². The highest BCUT2D eigenvalue weighted by atomic mass is 35.5. The minimum absolute atomic E-state index is 0.0742. The molecule has 0 aliphatic carbocycles. The highest BCUT2D eigenvalue weighted by Crippen LogP contribution is 2.17. The molecule has 1 fully saturated rings. The van der Waals surface area contributed by atoms with Crippen LogP contribution >= 0.6 is 11.6 Å². The number of carbonyl (C=O) groups excluding carboxylic acids is 1. The van der Waals surface area contributed by atoms with Gasteiger partial charge in [-0.15, -0.1) is 0 Å². The van der Waals surface area contributed by atoms with Crippen LogP contribution in [-0.2, 0) is 9.53 Å². The van der Waals surface area contributed by atoms with Gasteiger partial charge in [0.2, 0.25) is 0 Å². The zero-order valence-electron chi connectivity index (χ0n) is 8.20. The number of benzene rings is 1. The molecule has 15 heavy (non-hydrogen) atoms. The van der Waals surface area contributed by atoms with Crippen molar-refractivity contribution in [3.63, 3.8) is 0 Å². The van der Waals surface area contributed by atoms with Gasteiger partial charge in [0.1, 0.15) is 6.10 Å². The van der Waals surface area contributed by atoms with E-state index in [1.807, 2.05) is 0 Å². The third-order valence-electron chi connectivity index (χ3n) is 2.33. The molecule has 0 radical (unpaired) electrons. The van der Waals surface area contributed by atoms with Crippen LogP contribution in [-0.4, -0.2) is 18.6 Å². The third kappa shape index (κ3) is 2.70. The van der Waals surface area contributed by atoms with Crippen molar-refractivity contribution in [1.82, 2.24) is 0 Å². The first-order chi connectivity index (χ1) is 7.25. The van der Waals surface area contributed by atoms with Gasteiger partial charge in [-0.2, -0.15) is 0 Å². The van der Waals surface area contributed by atoms with Gasteiger partial charge in [-0.25, -0.2) is 0 Å². The standard InChI is InChI=1S/C11H12ClNO2/c12-8-3-5-9(6-4-8)13-11(14)10-2-1-7-15-10/h3-6,10H,1-2,7H2,(H,13,14). The first kappa shape index (κ1) is 10.5. The molecule has 1 unspecified atom stereocenters. The van der Waals surface area contributed by atoms with Crippen LogP contribution in [0.4, 0.5) is 5.69 Å². The van der Waals surface area contributed by atoms with Gasteiger partial charge < -0.3 is 10.1 Å².